The summed E-state index contributed by atoms with van der Waals surface area (Å²) >= 11 is 0. The molecule has 2 aromatic heterocycles. The molecule has 1 saturated carbocycles. The van der Waals surface area contributed by atoms with Gasteiger partial charge in [-0.3, -0.25) is 9.58 Å². The molecule has 1 atom stereocenters. The van der Waals surface area contributed by atoms with Crippen molar-refractivity contribution in [2.75, 3.05) is 13.1 Å². The van der Waals surface area contributed by atoms with Crippen LogP contribution in [0.3, 0.4) is 0 Å². The average molecular weight is 301 g/mol. The van der Waals surface area contributed by atoms with Crippen LogP contribution in [0.2, 0.25) is 0 Å². The molecular weight excluding hydrogens is 278 g/mol. The van der Waals surface area contributed by atoms with Crippen molar-refractivity contribution in [1.82, 2.24) is 24.8 Å². The lowest BCUT2D eigenvalue weighted by atomic mass is 9.91. The van der Waals surface area contributed by atoms with Gasteiger partial charge < -0.3 is 4.52 Å². The van der Waals surface area contributed by atoms with Crippen LogP contribution in [0, 0.1) is 0 Å². The summed E-state index contributed by atoms with van der Waals surface area (Å²) in [5.74, 6) is 2.87. The molecule has 6 nitrogen and oxygen atoms in total. The van der Waals surface area contributed by atoms with Crippen LogP contribution in [0.5, 0.6) is 0 Å². The van der Waals surface area contributed by atoms with E-state index in [1.54, 1.807) is 0 Å². The first-order chi connectivity index (χ1) is 10.7. The smallest absolute Gasteiger partial charge is 0.243 e. The highest BCUT2D eigenvalue weighted by atomic mass is 16.5. The molecule has 118 valence electrons. The maximum atomic E-state index is 5.48. The van der Waals surface area contributed by atoms with Crippen molar-refractivity contribution >= 4 is 0 Å². The lowest BCUT2D eigenvalue weighted by Crippen LogP contribution is -2.35. The molecule has 0 spiro atoms. The van der Waals surface area contributed by atoms with Gasteiger partial charge in [-0.1, -0.05) is 5.16 Å². The molecule has 1 aliphatic carbocycles. The van der Waals surface area contributed by atoms with Crippen LogP contribution in [-0.4, -0.2) is 37.9 Å². The van der Waals surface area contributed by atoms with Crippen molar-refractivity contribution in [3.8, 4) is 0 Å². The third kappa shape index (κ3) is 2.67. The highest BCUT2D eigenvalue weighted by Crippen LogP contribution is 2.39. The topological polar surface area (TPSA) is 60.0 Å². The Bertz CT molecular complexity index is 637. The van der Waals surface area contributed by atoms with Gasteiger partial charge >= 0.3 is 0 Å². The van der Waals surface area contributed by atoms with Gasteiger partial charge in [0.2, 0.25) is 5.89 Å². The van der Waals surface area contributed by atoms with E-state index < -0.39 is 0 Å². The SMILES string of the molecule is C[C@@H](c1nc(C2CC2)no1)N1CCC(c2cnn(C)c2)CC1. The van der Waals surface area contributed by atoms with Crippen LogP contribution in [0.15, 0.2) is 16.9 Å². The van der Waals surface area contributed by atoms with Crippen LogP contribution in [-0.2, 0) is 7.05 Å². The van der Waals surface area contributed by atoms with E-state index >= 15 is 0 Å². The molecule has 0 radical (unpaired) electrons. The summed E-state index contributed by atoms with van der Waals surface area (Å²) in [6.07, 6.45) is 8.90. The first-order valence-electron chi connectivity index (χ1n) is 8.27. The second kappa shape index (κ2) is 5.50. The molecule has 2 aromatic rings. The Hall–Kier alpha value is -1.69. The number of likely N-dealkylation sites (tertiary alicyclic amines) is 1. The molecule has 0 unspecified atom stereocenters. The maximum absolute atomic E-state index is 5.48. The molecule has 6 heteroatoms. The molecule has 1 saturated heterocycles. The van der Waals surface area contributed by atoms with Gasteiger partial charge in [0.25, 0.3) is 0 Å². The fourth-order valence-electron chi connectivity index (χ4n) is 3.35. The third-order valence-electron chi connectivity index (χ3n) is 5.03. The Balaban J connectivity index is 1.37. The minimum Gasteiger partial charge on any atom is -0.338 e. The van der Waals surface area contributed by atoms with Crippen molar-refractivity contribution < 1.29 is 4.52 Å². The molecule has 2 fully saturated rings. The predicted molar refractivity (Wildman–Crippen MR) is 81.4 cm³/mol. The van der Waals surface area contributed by atoms with E-state index in [-0.39, 0.29) is 6.04 Å². The van der Waals surface area contributed by atoms with E-state index in [1.807, 2.05) is 17.9 Å². The van der Waals surface area contributed by atoms with Gasteiger partial charge in [0.1, 0.15) is 0 Å². The Morgan fingerprint density at radius 2 is 1.95 bits per heavy atom. The summed E-state index contributed by atoms with van der Waals surface area (Å²) in [7, 11) is 1.98. The Morgan fingerprint density at radius 3 is 2.59 bits per heavy atom. The van der Waals surface area contributed by atoms with Gasteiger partial charge in [-0.2, -0.15) is 10.1 Å². The molecule has 0 amide bonds. The quantitative estimate of drug-likeness (QED) is 0.869. The van der Waals surface area contributed by atoms with Crippen LogP contribution in [0.1, 0.15) is 67.8 Å². The predicted octanol–water partition coefficient (Wildman–Crippen LogP) is 2.62. The van der Waals surface area contributed by atoms with Crippen molar-refractivity contribution in [3.05, 3.63) is 29.7 Å². The van der Waals surface area contributed by atoms with Crippen molar-refractivity contribution in [2.45, 2.75) is 50.5 Å². The van der Waals surface area contributed by atoms with Gasteiger partial charge in [0.15, 0.2) is 5.82 Å². The van der Waals surface area contributed by atoms with Crippen LogP contribution >= 0.6 is 0 Å². The van der Waals surface area contributed by atoms with E-state index in [0.29, 0.717) is 11.8 Å². The minimum absolute atomic E-state index is 0.217. The second-order valence-corrected chi connectivity index (χ2v) is 6.70. The summed E-state index contributed by atoms with van der Waals surface area (Å²) < 4.78 is 7.37. The zero-order valence-electron chi connectivity index (χ0n) is 13.3. The van der Waals surface area contributed by atoms with Crippen molar-refractivity contribution in [3.63, 3.8) is 0 Å². The van der Waals surface area contributed by atoms with Gasteiger partial charge in [-0.15, -0.1) is 0 Å². The molecule has 0 bridgehead atoms. The number of rotatable bonds is 4. The first kappa shape index (κ1) is 13.9. The Labute approximate surface area is 130 Å². The summed E-state index contributed by atoms with van der Waals surface area (Å²) in [5, 5.41) is 8.42. The highest BCUT2D eigenvalue weighted by Gasteiger charge is 2.32. The molecular formula is C16H23N5O. The lowest BCUT2D eigenvalue weighted by molar-refractivity contribution is 0.136. The maximum Gasteiger partial charge on any atom is 0.243 e. The number of aryl methyl sites for hydroxylation is 1. The monoisotopic (exact) mass is 301 g/mol. The standard InChI is InChI=1S/C16H23N5O/c1-11(16-18-15(19-22-16)13-3-4-13)21-7-5-12(6-8-21)14-9-17-20(2)10-14/h9-13H,3-8H2,1-2H3/t11-/m0/s1. The van der Waals surface area contributed by atoms with E-state index in [1.165, 1.54) is 31.2 Å². The molecule has 3 heterocycles. The Morgan fingerprint density at radius 1 is 1.18 bits per heavy atom. The van der Waals surface area contributed by atoms with E-state index in [9.17, 15) is 0 Å². The van der Waals surface area contributed by atoms with Gasteiger partial charge in [-0.25, -0.2) is 0 Å². The van der Waals surface area contributed by atoms with E-state index in [0.717, 1.165) is 24.8 Å². The van der Waals surface area contributed by atoms with Crippen LogP contribution in [0.25, 0.3) is 0 Å². The number of nitrogens with zero attached hydrogens (tertiary/aromatic N) is 5. The Kier molecular flexibility index (Phi) is 3.48. The molecule has 1 aliphatic heterocycles. The number of piperidine rings is 1. The van der Waals surface area contributed by atoms with E-state index in [2.05, 4.69) is 33.3 Å². The summed E-state index contributed by atoms with van der Waals surface area (Å²) in [4.78, 5) is 7.05. The number of hydrogen-bond donors (Lipinski definition) is 0. The van der Waals surface area contributed by atoms with Gasteiger partial charge in [0.05, 0.1) is 12.2 Å². The molecule has 22 heavy (non-hydrogen) atoms. The fourth-order valence-corrected chi connectivity index (χ4v) is 3.35. The zero-order chi connectivity index (χ0) is 15.1. The third-order valence-corrected chi connectivity index (χ3v) is 5.03. The summed E-state index contributed by atoms with van der Waals surface area (Å²) in [5.41, 5.74) is 1.36. The number of aromatic nitrogens is 4. The summed E-state index contributed by atoms with van der Waals surface area (Å²) in [6, 6.07) is 0.217. The normalized spacial score (nSPS) is 22.1. The molecule has 0 aromatic carbocycles. The number of hydrogen-bond acceptors (Lipinski definition) is 5. The minimum atomic E-state index is 0.217. The molecule has 2 aliphatic rings. The largest absolute Gasteiger partial charge is 0.338 e. The van der Waals surface area contributed by atoms with Gasteiger partial charge in [0, 0.05) is 19.2 Å². The second-order valence-electron chi connectivity index (χ2n) is 6.70. The van der Waals surface area contributed by atoms with Crippen LogP contribution < -0.4 is 0 Å². The molecule has 0 N–H and O–H groups in total. The average Bonchev–Trinajstić information content (AvgIpc) is 3.11. The first-order valence-corrected chi connectivity index (χ1v) is 8.27. The van der Waals surface area contributed by atoms with Crippen LogP contribution in [0.4, 0.5) is 0 Å². The van der Waals surface area contributed by atoms with Gasteiger partial charge in [-0.05, 0) is 57.2 Å². The van der Waals surface area contributed by atoms with Crippen molar-refractivity contribution in [2.24, 2.45) is 7.05 Å². The highest BCUT2D eigenvalue weighted by molar-refractivity contribution is 5.12. The van der Waals surface area contributed by atoms with E-state index in [4.69, 9.17) is 4.52 Å². The lowest BCUT2D eigenvalue weighted by Gasteiger charge is -2.34. The summed E-state index contributed by atoms with van der Waals surface area (Å²) in [6.45, 7) is 4.32. The fraction of sp³-hybridized carbons (Fsp3) is 0.688. The molecule has 4 rings (SSSR count). The zero-order valence-corrected chi connectivity index (χ0v) is 13.3. The van der Waals surface area contributed by atoms with Crippen molar-refractivity contribution in [1.29, 1.82) is 0 Å².